The van der Waals surface area contributed by atoms with Crippen LogP contribution in [-0.2, 0) is 4.74 Å². The molecule has 23 heavy (non-hydrogen) atoms. The van der Waals surface area contributed by atoms with Crippen molar-refractivity contribution in [1.29, 1.82) is 0 Å². The number of aromatic amines is 1. The van der Waals surface area contributed by atoms with Gasteiger partial charge in [-0.25, -0.2) is 4.98 Å². The predicted octanol–water partition coefficient (Wildman–Crippen LogP) is 2.87. The smallest absolute Gasteiger partial charge is 0.258 e. The Hall–Kier alpha value is -1.72. The summed E-state index contributed by atoms with van der Waals surface area (Å²) in [5.41, 5.74) is 0.701. The number of aromatic nitrogens is 2. The van der Waals surface area contributed by atoms with Gasteiger partial charge in [-0.05, 0) is 45.7 Å². The molecule has 1 atom stereocenters. The number of hydrogen-bond acceptors (Lipinski definition) is 4. The highest BCUT2D eigenvalue weighted by molar-refractivity contribution is 5.77. The van der Waals surface area contributed by atoms with Gasteiger partial charge in [-0.3, -0.25) is 9.69 Å². The fourth-order valence-corrected chi connectivity index (χ4v) is 3.26. The molecular formula is C18H25N3O2. The predicted molar refractivity (Wildman–Crippen MR) is 91.6 cm³/mol. The van der Waals surface area contributed by atoms with E-state index in [2.05, 4.69) is 35.6 Å². The van der Waals surface area contributed by atoms with E-state index in [0.29, 0.717) is 11.5 Å². The van der Waals surface area contributed by atoms with Crippen LogP contribution in [0.4, 0.5) is 0 Å². The molecule has 1 fully saturated rings. The number of H-pyrrole nitrogens is 1. The van der Waals surface area contributed by atoms with Crippen LogP contribution in [0.15, 0.2) is 29.1 Å². The lowest BCUT2D eigenvalue weighted by Gasteiger charge is -2.36. The highest BCUT2D eigenvalue weighted by Crippen LogP contribution is 2.24. The van der Waals surface area contributed by atoms with E-state index in [1.165, 1.54) is 0 Å². The fraction of sp³-hybridized carbons (Fsp3) is 0.556. The van der Waals surface area contributed by atoms with Crippen LogP contribution in [-0.4, -0.2) is 40.2 Å². The molecule has 2 heterocycles. The lowest BCUT2D eigenvalue weighted by atomic mass is 10.1. The number of hydrogen-bond donors (Lipinski definition) is 1. The molecule has 1 aromatic carbocycles. The number of para-hydroxylation sites is 1. The van der Waals surface area contributed by atoms with E-state index < -0.39 is 0 Å². The van der Waals surface area contributed by atoms with Crippen molar-refractivity contribution in [2.75, 3.05) is 13.1 Å². The standard InChI is InChI=1S/C18H25N3O2/c1-12(2)23-14-8-10-21(11-9-14)13(3)17-19-16-7-5-4-6-15(16)18(22)20-17/h4-7,12-14H,8-11H2,1-3H3,(H,19,20,22)/t13-/m0/s1. The van der Waals surface area contributed by atoms with Crippen molar-refractivity contribution in [1.82, 2.24) is 14.9 Å². The van der Waals surface area contributed by atoms with Crippen LogP contribution in [0.1, 0.15) is 45.5 Å². The number of nitrogens with one attached hydrogen (secondary N) is 1. The van der Waals surface area contributed by atoms with Gasteiger partial charge in [-0.1, -0.05) is 12.1 Å². The Morgan fingerprint density at radius 2 is 1.91 bits per heavy atom. The Morgan fingerprint density at radius 3 is 2.61 bits per heavy atom. The Morgan fingerprint density at radius 1 is 1.22 bits per heavy atom. The van der Waals surface area contributed by atoms with Crippen molar-refractivity contribution in [3.8, 4) is 0 Å². The van der Waals surface area contributed by atoms with Gasteiger partial charge in [-0.15, -0.1) is 0 Å². The van der Waals surface area contributed by atoms with E-state index in [0.717, 1.165) is 37.3 Å². The third kappa shape index (κ3) is 3.62. The Labute approximate surface area is 136 Å². The molecule has 3 rings (SSSR count). The summed E-state index contributed by atoms with van der Waals surface area (Å²) >= 11 is 0. The van der Waals surface area contributed by atoms with Crippen LogP contribution in [0.2, 0.25) is 0 Å². The number of ether oxygens (including phenoxy) is 1. The van der Waals surface area contributed by atoms with Gasteiger partial charge >= 0.3 is 0 Å². The van der Waals surface area contributed by atoms with E-state index in [9.17, 15) is 4.79 Å². The summed E-state index contributed by atoms with van der Waals surface area (Å²) in [6.07, 6.45) is 2.69. The molecule has 1 aliphatic heterocycles. The molecule has 5 nitrogen and oxygen atoms in total. The second-order valence-corrected chi connectivity index (χ2v) is 6.56. The molecule has 0 bridgehead atoms. The molecule has 1 aliphatic rings. The minimum Gasteiger partial charge on any atom is -0.375 e. The summed E-state index contributed by atoms with van der Waals surface area (Å²) < 4.78 is 5.90. The van der Waals surface area contributed by atoms with Gasteiger partial charge in [0.05, 0.1) is 29.2 Å². The minimum absolute atomic E-state index is 0.0597. The van der Waals surface area contributed by atoms with Crippen molar-refractivity contribution in [2.24, 2.45) is 0 Å². The SMILES string of the molecule is CC(C)OC1CCN([C@@H](C)c2nc3ccccc3c(=O)[nH]2)CC1. The van der Waals surface area contributed by atoms with E-state index >= 15 is 0 Å². The molecule has 0 spiro atoms. The van der Waals surface area contributed by atoms with Crippen LogP contribution in [0.3, 0.4) is 0 Å². The molecule has 0 radical (unpaired) electrons. The summed E-state index contributed by atoms with van der Waals surface area (Å²) in [5.74, 6) is 0.747. The minimum atomic E-state index is -0.0597. The van der Waals surface area contributed by atoms with Gasteiger partial charge < -0.3 is 9.72 Å². The highest BCUT2D eigenvalue weighted by Gasteiger charge is 2.25. The van der Waals surface area contributed by atoms with Crippen LogP contribution in [0, 0.1) is 0 Å². The Kier molecular flexibility index (Phi) is 4.78. The zero-order valence-electron chi connectivity index (χ0n) is 14.1. The van der Waals surface area contributed by atoms with Crippen molar-refractivity contribution in [2.45, 2.75) is 51.9 Å². The van der Waals surface area contributed by atoms with Crippen molar-refractivity contribution in [3.63, 3.8) is 0 Å². The summed E-state index contributed by atoms with van der Waals surface area (Å²) in [7, 11) is 0. The molecule has 0 unspecified atom stereocenters. The zero-order valence-corrected chi connectivity index (χ0v) is 14.1. The first-order chi connectivity index (χ1) is 11.0. The summed E-state index contributed by atoms with van der Waals surface area (Å²) in [4.78, 5) is 22.2. The van der Waals surface area contributed by atoms with E-state index in [1.807, 2.05) is 24.3 Å². The summed E-state index contributed by atoms with van der Waals surface area (Å²) in [5, 5.41) is 0.646. The van der Waals surface area contributed by atoms with Crippen LogP contribution >= 0.6 is 0 Å². The monoisotopic (exact) mass is 315 g/mol. The number of piperidine rings is 1. The van der Waals surface area contributed by atoms with E-state index in [-0.39, 0.29) is 17.7 Å². The van der Waals surface area contributed by atoms with Gasteiger partial charge in [-0.2, -0.15) is 0 Å². The second-order valence-electron chi connectivity index (χ2n) is 6.56. The molecule has 0 amide bonds. The molecule has 1 aromatic heterocycles. The zero-order chi connectivity index (χ0) is 16.4. The van der Waals surface area contributed by atoms with Crippen LogP contribution in [0.25, 0.3) is 10.9 Å². The molecule has 2 aromatic rings. The van der Waals surface area contributed by atoms with E-state index in [1.54, 1.807) is 0 Å². The van der Waals surface area contributed by atoms with Crippen LogP contribution in [0.5, 0.6) is 0 Å². The lowest BCUT2D eigenvalue weighted by molar-refractivity contribution is -0.0328. The largest absolute Gasteiger partial charge is 0.375 e. The van der Waals surface area contributed by atoms with Crippen LogP contribution < -0.4 is 5.56 Å². The molecule has 1 N–H and O–H groups in total. The third-order valence-electron chi connectivity index (χ3n) is 4.52. The lowest BCUT2D eigenvalue weighted by Crippen LogP contribution is -2.40. The maximum atomic E-state index is 12.2. The van der Waals surface area contributed by atoms with E-state index in [4.69, 9.17) is 4.74 Å². The fourth-order valence-electron chi connectivity index (χ4n) is 3.26. The molecule has 0 aliphatic carbocycles. The molecule has 1 saturated heterocycles. The first-order valence-electron chi connectivity index (χ1n) is 8.43. The normalized spacial score (nSPS) is 18.6. The number of benzene rings is 1. The first-order valence-corrected chi connectivity index (χ1v) is 8.43. The van der Waals surface area contributed by atoms with Gasteiger partial charge in [0.25, 0.3) is 5.56 Å². The topological polar surface area (TPSA) is 58.2 Å². The molecule has 5 heteroatoms. The molecule has 124 valence electrons. The average molecular weight is 315 g/mol. The first kappa shape index (κ1) is 16.1. The number of likely N-dealkylation sites (tertiary alicyclic amines) is 1. The Bertz CT molecular complexity index is 718. The quantitative estimate of drug-likeness (QED) is 0.942. The molecular weight excluding hydrogens is 290 g/mol. The average Bonchev–Trinajstić information content (AvgIpc) is 2.54. The van der Waals surface area contributed by atoms with Gasteiger partial charge in [0.1, 0.15) is 5.82 Å². The number of fused-ring (bicyclic) bond motifs is 1. The molecule has 0 saturated carbocycles. The van der Waals surface area contributed by atoms with Crippen molar-refractivity contribution in [3.05, 3.63) is 40.4 Å². The van der Waals surface area contributed by atoms with Gasteiger partial charge in [0.15, 0.2) is 0 Å². The number of rotatable bonds is 4. The van der Waals surface area contributed by atoms with Gasteiger partial charge in [0, 0.05) is 13.1 Å². The van der Waals surface area contributed by atoms with Gasteiger partial charge in [0.2, 0.25) is 0 Å². The third-order valence-corrected chi connectivity index (χ3v) is 4.52. The maximum Gasteiger partial charge on any atom is 0.258 e. The van der Waals surface area contributed by atoms with Crippen molar-refractivity contribution >= 4 is 10.9 Å². The Balaban J connectivity index is 1.74. The summed E-state index contributed by atoms with van der Waals surface area (Å²) in [6.45, 7) is 8.21. The summed E-state index contributed by atoms with van der Waals surface area (Å²) in [6, 6.07) is 7.58. The number of nitrogens with zero attached hydrogens (tertiary/aromatic N) is 2. The van der Waals surface area contributed by atoms with Crippen molar-refractivity contribution < 1.29 is 4.74 Å². The highest BCUT2D eigenvalue weighted by atomic mass is 16.5. The maximum absolute atomic E-state index is 12.2. The second kappa shape index (κ2) is 6.81.